The number of likely N-dealkylation sites (tertiary alicyclic amines) is 1. The maximum absolute atomic E-state index is 10.3. The molecule has 3 rings (SSSR count). The highest BCUT2D eigenvalue weighted by atomic mass is 35.5. The maximum atomic E-state index is 10.3. The van der Waals surface area contributed by atoms with Crippen molar-refractivity contribution >= 4 is 48.6 Å². The van der Waals surface area contributed by atoms with Gasteiger partial charge in [-0.3, -0.25) is 0 Å². The van der Waals surface area contributed by atoms with Gasteiger partial charge in [0.15, 0.2) is 0 Å². The molecule has 2 aromatic carbocycles. The monoisotopic (exact) mass is 493 g/mol. The minimum atomic E-state index is -0.569. The van der Waals surface area contributed by atoms with Crippen LogP contribution in [0.3, 0.4) is 0 Å². The van der Waals surface area contributed by atoms with Crippen LogP contribution in [0.25, 0.3) is 0 Å². The van der Waals surface area contributed by atoms with Crippen molar-refractivity contribution in [1.29, 1.82) is 0 Å². The van der Waals surface area contributed by atoms with Crippen molar-refractivity contribution in [3.05, 3.63) is 48.0 Å². The van der Waals surface area contributed by atoms with Crippen LogP contribution in [-0.2, 0) is 0 Å². The third-order valence-corrected chi connectivity index (χ3v) is 5.18. The Kier molecular flexibility index (Phi) is 13.8. The number of rotatable bonds is 8. The van der Waals surface area contributed by atoms with Gasteiger partial charge in [-0.05, 0) is 68.6 Å². The van der Waals surface area contributed by atoms with Crippen LogP contribution >= 0.6 is 37.2 Å². The van der Waals surface area contributed by atoms with Crippen molar-refractivity contribution in [2.24, 2.45) is 5.92 Å². The Bertz CT molecular complexity index is 775. The third-order valence-electron chi connectivity index (χ3n) is 5.18. The molecule has 1 atom stereocenters. The van der Waals surface area contributed by atoms with E-state index in [1.807, 2.05) is 12.1 Å². The molecule has 2 aromatic rings. The van der Waals surface area contributed by atoms with Gasteiger partial charge in [0.1, 0.15) is 24.2 Å². The summed E-state index contributed by atoms with van der Waals surface area (Å²) in [5.74, 6) is 2.01. The zero-order valence-electron chi connectivity index (χ0n) is 17.7. The number of anilines is 2. The molecule has 0 aliphatic carbocycles. The van der Waals surface area contributed by atoms with E-state index in [1.165, 1.54) is 5.56 Å². The summed E-state index contributed by atoms with van der Waals surface area (Å²) in [7, 11) is 0. The fraction of sp³-hybridized carbons (Fsp3) is 0.455. The molecule has 0 bridgehead atoms. The predicted molar refractivity (Wildman–Crippen MR) is 134 cm³/mol. The fourth-order valence-electron chi connectivity index (χ4n) is 3.48. The quantitative estimate of drug-likeness (QED) is 0.481. The van der Waals surface area contributed by atoms with Crippen LogP contribution in [0.15, 0.2) is 42.5 Å². The number of hydrogen-bond acceptors (Lipinski definition) is 6. The molecule has 0 saturated carbocycles. The lowest BCUT2D eigenvalue weighted by Gasteiger charge is -2.33. The Balaban J connectivity index is 0.00000300. The Hall–Kier alpha value is -1.57. The summed E-state index contributed by atoms with van der Waals surface area (Å²) in [6.07, 6.45) is 1.57. The van der Waals surface area contributed by atoms with Gasteiger partial charge < -0.3 is 30.9 Å². The lowest BCUT2D eigenvalue weighted by atomic mass is 9.97. The van der Waals surface area contributed by atoms with Crippen LogP contribution in [-0.4, -0.2) is 49.0 Å². The second-order valence-corrected chi connectivity index (χ2v) is 7.60. The lowest BCUT2D eigenvalue weighted by Crippen LogP contribution is -2.41. The van der Waals surface area contributed by atoms with Crippen molar-refractivity contribution in [2.75, 3.05) is 44.3 Å². The van der Waals surface area contributed by atoms with Crippen LogP contribution in [0.1, 0.15) is 18.4 Å². The number of ether oxygens (including phenoxy) is 2. The van der Waals surface area contributed by atoms with E-state index in [2.05, 4.69) is 24.0 Å². The fourth-order valence-corrected chi connectivity index (χ4v) is 3.48. The highest BCUT2D eigenvalue weighted by Gasteiger charge is 2.22. The summed E-state index contributed by atoms with van der Waals surface area (Å²) in [4.78, 5) is 2.28. The highest BCUT2D eigenvalue weighted by molar-refractivity contribution is 5.86. The SMILES string of the molecule is Cc1cccc(OCC2CCN(CC(O)COc3cccc(N)c3N)CC2)c1.Cl.Cl.Cl. The van der Waals surface area contributed by atoms with Crippen molar-refractivity contribution in [3.63, 3.8) is 0 Å². The summed E-state index contributed by atoms with van der Waals surface area (Å²) >= 11 is 0. The van der Waals surface area contributed by atoms with Gasteiger partial charge >= 0.3 is 0 Å². The van der Waals surface area contributed by atoms with Gasteiger partial charge in [0.25, 0.3) is 0 Å². The molecule has 176 valence electrons. The second-order valence-electron chi connectivity index (χ2n) is 7.60. The minimum absolute atomic E-state index is 0. The maximum Gasteiger partial charge on any atom is 0.144 e. The van der Waals surface area contributed by atoms with Gasteiger partial charge in [-0.1, -0.05) is 18.2 Å². The molecule has 1 aliphatic rings. The highest BCUT2D eigenvalue weighted by Crippen LogP contribution is 2.27. The number of hydrogen-bond donors (Lipinski definition) is 3. The van der Waals surface area contributed by atoms with Gasteiger partial charge in [-0.15, -0.1) is 37.2 Å². The van der Waals surface area contributed by atoms with E-state index in [0.717, 1.165) is 38.3 Å². The molecule has 0 spiro atoms. The molecular weight excluding hydrogens is 461 g/mol. The number of aliphatic hydroxyl groups is 1. The van der Waals surface area contributed by atoms with Crippen molar-refractivity contribution < 1.29 is 14.6 Å². The lowest BCUT2D eigenvalue weighted by molar-refractivity contribution is 0.0505. The molecule has 1 aliphatic heterocycles. The average molecular weight is 495 g/mol. The van der Waals surface area contributed by atoms with Crippen LogP contribution in [0.4, 0.5) is 11.4 Å². The Morgan fingerprint density at radius 2 is 1.71 bits per heavy atom. The van der Waals surface area contributed by atoms with Crippen LogP contribution in [0, 0.1) is 12.8 Å². The van der Waals surface area contributed by atoms with Gasteiger partial charge in [0.2, 0.25) is 0 Å². The van der Waals surface area contributed by atoms with E-state index < -0.39 is 6.10 Å². The first-order valence-electron chi connectivity index (χ1n) is 9.88. The molecule has 0 aromatic heterocycles. The number of nitrogens with two attached hydrogens (primary N) is 2. The molecule has 0 radical (unpaired) electrons. The summed E-state index contributed by atoms with van der Waals surface area (Å²) in [6.45, 7) is 5.52. The van der Waals surface area contributed by atoms with Crippen molar-refractivity contribution in [2.45, 2.75) is 25.9 Å². The summed E-state index contributed by atoms with van der Waals surface area (Å²) in [5, 5.41) is 10.3. The molecular formula is C22H34Cl3N3O3. The second kappa shape index (κ2) is 14.5. The molecule has 1 fully saturated rings. The summed E-state index contributed by atoms with van der Waals surface area (Å²) in [6, 6.07) is 13.4. The van der Waals surface area contributed by atoms with Gasteiger partial charge in [-0.25, -0.2) is 0 Å². The molecule has 31 heavy (non-hydrogen) atoms. The number of halogens is 3. The Morgan fingerprint density at radius 1 is 1.03 bits per heavy atom. The number of aryl methyl sites for hydroxylation is 1. The van der Waals surface area contributed by atoms with E-state index >= 15 is 0 Å². The smallest absolute Gasteiger partial charge is 0.144 e. The number of nitrogens with zero attached hydrogens (tertiary/aromatic N) is 1. The van der Waals surface area contributed by atoms with Gasteiger partial charge in [-0.2, -0.15) is 0 Å². The third kappa shape index (κ3) is 9.21. The standard InChI is InChI=1S/C22H31N3O3.3ClH/c1-16-4-2-5-19(12-16)27-14-17-8-10-25(11-9-17)13-18(26)15-28-21-7-3-6-20(23)22(21)24;;;/h2-7,12,17-18,26H,8-11,13-15,23-24H2,1H3;3*1H. The summed E-state index contributed by atoms with van der Waals surface area (Å²) in [5.41, 5.74) is 13.8. The predicted octanol–water partition coefficient (Wildman–Crippen LogP) is 3.96. The minimum Gasteiger partial charge on any atom is -0.493 e. The molecule has 9 heteroatoms. The van der Waals surface area contributed by atoms with Crippen LogP contribution in [0.5, 0.6) is 11.5 Å². The zero-order chi connectivity index (χ0) is 19.9. The van der Waals surface area contributed by atoms with E-state index in [9.17, 15) is 5.11 Å². The number of nitrogen functional groups attached to an aromatic ring is 2. The molecule has 1 heterocycles. The van der Waals surface area contributed by atoms with Crippen LogP contribution < -0.4 is 20.9 Å². The number of β-amino-alcohol motifs (C(OH)–C–C–N with tert-alkyl or cyclic N) is 1. The van der Waals surface area contributed by atoms with Gasteiger partial charge in [0.05, 0.1) is 18.0 Å². The van der Waals surface area contributed by atoms with Crippen molar-refractivity contribution in [3.8, 4) is 11.5 Å². The van der Waals surface area contributed by atoms with Gasteiger partial charge in [0, 0.05) is 6.54 Å². The Labute approximate surface area is 203 Å². The molecule has 0 amide bonds. The topological polar surface area (TPSA) is 94.0 Å². The summed E-state index contributed by atoms with van der Waals surface area (Å²) < 4.78 is 11.6. The number of piperidine rings is 1. The Morgan fingerprint density at radius 3 is 2.39 bits per heavy atom. The molecule has 1 saturated heterocycles. The first-order valence-corrected chi connectivity index (χ1v) is 9.88. The van der Waals surface area contributed by atoms with Crippen LogP contribution in [0.2, 0.25) is 0 Å². The normalized spacial score (nSPS) is 15.0. The number of para-hydroxylation sites is 1. The largest absolute Gasteiger partial charge is 0.493 e. The van der Waals surface area contributed by atoms with E-state index in [1.54, 1.807) is 18.2 Å². The number of benzene rings is 2. The first-order chi connectivity index (χ1) is 13.5. The average Bonchev–Trinajstić information content (AvgIpc) is 2.69. The van der Waals surface area contributed by atoms with E-state index in [-0.39, 0.29) is 43.8 Å². The number of aliphatic hydroxyl groups excluding tert-OH is 1. The molecule has 1 unspecified atom stereocenters. The molecule has 6 nitrogen and oxygen atoms in total. The van der Waals surface area contributed by atoms with E-state index in [4.69, 9.17) is 20.9 Å². The zero-order valence-corrected chi connectivity index (χ0v) is 20.2. The first kappa shape index (κ1) is 29.4. The van der Waals surface area contributed by atoms with E-state index in [0.29, 0.717) is 29.6 Å². The molecule has 5 N–H and O–H groups in total. The van der Waals surface area contributed by atoms with Crippen molar-refractivity contribution in [1.82, 2.24) is 4.90 Å².